The number of rotatable bonds is 3. The average Bonchev–Trinajstić information content (AvgIpc) is 2.72. The van der Waals surface area contributed by atoms with Crippen molar-refractivity contribution in [3.8, 4) is 0 Å². The fourth-order valence-electron chi connectivity index (χ4n) is 4.55. The number of nitrogens with zero attached hydrogens (tertiary/aromatic N) is 4. The van der Waals surface area contributed by atoms with E-state index in [4.69, 9.17) is 14.7 Å². The van der Waals surface area contributed by atoms with E-state index in [2.05, 4.69) is 0 Å². The molecule has 0 N–H and O–H groups in total. The van der Waals surface area contributed by atoms with Gasteiger partial charge < -0.3 is 9.64 Å². The van der Waals surface area contributed by atoms with E-state index in [1.807, 2.05) is 11.8 Å². The Morgan fingerprint density at radius 2 is 1.93 bits per heavy atom. The van der Waals surface area contributed by atoms with Crippen LogP contribution in [0.15, 0.2) is 0 Å². The Labute approximate surface area is 166 Å². The molecule has 7 heteroatoms. The number of carbonyl (C=O) groups is 2. The van der Waals surface area contributed by atoms with Crippen LogP contribution in [-0.4, -0.2) is 59.5 Å². The van der Waals surface area contributed by atoms with Crippen molar-refractivity contribution < 1.29 is 14.3 Å². The van der Waals surface area contributed by atoms with Gasteiger partial charge in [0.1, 0.15) is 11.6 Å². The van der Waals surface area contributed by atoms with Crippen molar-refractivity contribution >= 4 is 17.6 Å². The van der Waals surface area contributed by atoms with Gasteiger partial charge in [0.25, 0.3) is 0 Å². The molecule has 1 unspecified atom stereocenters. The molecule has 1 aromatic rings. The summed E-state index contributed by atoms with van der Waals surface area (Å²) in [6.45, 7) is 4.28. The van der Waals surface area contributed by atoms with Crippen LogP contribution < -0.4 is 4.90 Å². The van der Waals surface area contributed by atoms with E-state index < -0.39 is 0 Å². The summed E-state index contributed by atoms with van der Waals surface area (Å²) in [6, 6.07) is 0. The van der Waals surface area contributed by atoms with Gasteiger partial charge in [-0.3, -0.25) is 14.5 Å². The zero-order chi connectivity index (χ0) is 19.7. The molecule has 4 rings (SSSR count). The lowest BCUT2D eigenvalue weighted by molar-refractivity contribution is -0.136. The van der Waals surface area contributed by atoms with Crippen molar-refractivity contribution in [1.29, 1.82) is 0 Å². The average molecular weight is 386 g/mol. The van der Waals surface area contributed by atoms with Gasteiger partial charge in [-0.2, -0.15) is 0 Å². The lowest BCUT2D eigenvalue weighted by Gasteiger charge is -2.33. The molecule has 0 aliphatic carbocycles. The van der Waals surface area contributed by atoms with Crippen LogP contribution in [0.1, 0.15) is 67.9 Å². The molecule has 2 fully saturated rings. The molecule has 3 aliphatic heterocycles. The summed E-state index contributed by atoms with van der Waals surface area (Å²) < 4.78 is 5.71. The maximum atomic E-state index is 12.6. The molecule has 7 nitrogen and oxygen atoms in total. The number of carbonyl (C=O) groups excluding carboxylic acids is 2. The van der Waals surface area contributed by atoms with E-state index in [-0.39, 0.29) is 23.8 Å². The normalized spacial score (nSPS) is 23.6. The number of hydrogen-bond donors (Lipinski definition) is 0. The van der Waals surface area contributed by atoms with Gasteiger partial charge in [0.05, 0.1) is 12.5 Å². The monoisotopic (exact) mass is 386 g/mol. The minimum absolute atomic E-state index is 0.0960. The third-order valence-corrected chi connectivity index (χ3v) is 6.38. The second-order valence-corrected chi connectivity index (χ2v) is 8.27. The molecule has 0 spiro atoms. The molecule has 0 bridgehead atoms. The summed E-state index contributed by atoms with van der Waals surface area (Å²) in [4.78, 5) is 37.8. The molecule has 0 aromatic carbocycles. The fraction of sp³-hybridized carbons (Fsp3) is 0.714. The molecular weight excluding hydrogens is 356 g/mol. The number of fused-ring (bicyclic) bond motifs is 1. The number of aromatic nitrogens is 2. The van der Waals surface area contributed by atoms with Gasteiger partial charge in [0.2, 0.25) is 11.8 Å². The maximum Gasteiger partial charge on any atom is 0.228 e. The van der Waals surface area contributed by atoms with Crippen LogP contribution in [0.4, 0.5) is 5.82 Å². The topological polar surface area (TPSA) is 75.6 Å². The molecule has 1 atom stereocenters. The van der Waals surface area contributed by atoms with Crippen LogP contribution in [-0.2, 0) is 20.7 Å². The van der Waals surface area contributed by atoms with Crippen molar-refractivity contribution in [1.82, 2.24) is 14.9 Å². The zero-order valence-electron chi connectivity index (χ0n) is 16.9. The highest BCUT2D eigenvalue weighted by Crippen LogP contribution is 2.32. The van der Waals surface area contributed by atoms with Crippen LogP contribution in [0.3, 0.4) is 0 Å². The first kappa shape index (κ1) is 19.3. The van der Waals surface area contributed by atoms with Gasteiger partial charge in [0, 0.05) is 50.3 Å². The van der Waals surface area contributed by atoms with Crippen LogP contribution in [0.25, 0.3) is 0 Å². The Hall–Kier alpha value is -2.02. The minimum Gasteiger partial charge on any atom is -0.378 e. The van der Waals surface area contributed by atoms with E-state index in [1.54, 1.807) is 11.9 Å². The number of amides is 2. The zero-order valence-corrected chi connectivity index (χ0v) is 16.9. The maximum absolute atomic E-state index is 12.6. The van der Waals surface area contributed by atoms with Gasteiger partial charge >= 0.3 is 0 Å². The summed E-state index contributed by atoms with van der Waals surface area (Å²) in [6.07, 6.45) is 6.85. The summed E-state index contributed by atoms with van der Waals surface area (Å²) in [5.74, 6) is 2.15. The van der Waals surface area contributed by atoms with E-state index in [9.17, 15) is 9.59 Å². The number of likely N-dealkylation sites (tertiary alicyclic amines) is 1. The Morgan fingerprint density at radius 1 is 1.14 bits per heavy atom. The Kier molecular flexibility index (Phi) is 5.62. The number of piperidine rings is 1. The highest BCUT2D eigenvalue weighted by atomic mass is 16.5. The molecular formula is C21H30N4O3. The minimum atomic E-state index is 0.0960. The predicted octanol–water partition coefficient (Wildman–Crippen LogP) is 2.36. The van der Waals surface area contributed by atoms with Crippen LogP contribution in [0.2, 0.25) is 0 Å². The highest BCUT2D eigenvalue weighted by Gasteiger charge is 2.30. The molecule has 1 aromatic heterocycles. The van der Waals surface area contributed by atoms with Crippen molar-refractivity contribution in [2.45, 2.75) is 70.3 Å². The molecule has 2 saturated heterocycles. The summed E-state index contributed by atoms with van der Waals surface area (Å²) in [7, 11) is 1.80. The van der Waals surface area contributed by atoms with E-state index in [0.29, 0.717) is 12.8 Å². The van der Waals surface area contributed by atoms with Gasteiger partial charge in [-0.05, 0) is 45.4 Å². The smallest absolute Gasteiger partial charge is 0.228 e. The van der Waals surface area contributed by atoms with E-state index >= 15 is 0 Å². The number of ether oxygens (including phenoxy) is 1. The number of hydrogen-bond acceptors (Lipinski definition) is 5. The Balaban J connectivity index is 1.39. The summed E-state index contributed by atoms with van der Waals surface area (Å²) >= 11 is 0. The molecule has 152 valence electrons. The molecule has 3 aliphatic rings. The van der Waals surface area contributed by atoms with E-state index in [1.165, 1.54) is 0 Å². The second kappa shape index (κ2) is 8.15. The molecule has 0 radical (unpaired) electrons. The summed E-state index contributed by atoms with van der Waals surface area (Å²) in [5.41, 5.74) is 2.07. The third-order valence-electron chi connectivity index (χ3n) is 6.38. The number of aryl methyl sites for hydroxylation is 1. The van der Waals surface area contributed by atoms with Gasteiger partial charge in [0.15, 0.2) is 0 Å². The lowest BCUT2D eigenvalue weighted by Crippen LogP contribution is -2.40. The first-order chi connectivity index (χ1) is 13.5. The lowest BCUT2D eigenvalue weighted by atomic mass is 9.94. The van der Waals surface area contributed by atoms with Crippen molar-refractivity contribution in [2.24, 2.45) is 0 Å². The van der Waals surface area contributed by atoms with Crippen molar-refractivity contribution in [3.05, 3.63) is 17.1 Å². The van der Waals surface area contributed by atoms with Gasteiger partial charge in [-0.15, -0.1) is 0 Å². The third kappa shape index (κ3) is 3.90. The quantitative estimate of drug-likeness (QED) is 0.797. The van der Waals surface area contributed by atoms with Crippen LogP contribution in [0, 0.1) is 6.92 Å². The standard InChI is InChI=1S/C21H30N4O3/c1-14-17-6-7-18(26)24(2)21(17)23-20(22-14)15-8-10-25(11-9-15)19(27)13-16-5-3-4-12-28-16/h15-16H,3-13H2,1-2H3. The molecule has 28 heavy (non-hydrogen) atoms. The first-order valence-corrected chi connectivity index (χ1v) is 10.6. The van der Waals surface area contributed by atoms with Gasteiger partial charge in [-0.25, -0.2) is 9.97 Å². The van der Waals surface area contributed by atoms with Crippen molar-refractivity contribution in [2.75, 3.05) is 31.6 Å². The Bertz CT molecular complexity index is 752. The van der Waals surface area contributed by atoms with Gasteiger partial charge in [-0.1, -0.05) is 0 Å². The Morgan fingerprint density at radius 3 is 2.64 bits per heavy atom. The largest absolute Gasteiger partial charge is 0.378 e. The highest BCUT2D eigenvalue weighted by molar-refractivity contribution is 5.94. The summed E-state index contributed by atoms with van der Waals surface area (Å²) in [5, 5.41) is 0. The van der Waals surface area contributed by atoms with E-state index in [0.717, 1.165) is 81.1 Å². The predicted molar refractivity (Wildman–Crippen MR) is 105 cm³/mol. The van der Waals surface area contributed by atoms with Crippen molar-refractivity contribution in [3.63, 3.8) is 0 Å². The SMILES string of the molecule is Cc1nc(C2CCN(C(=O)CC3CCCCO3)CC2)nc2c1CCC(=O)N2C. The second-order valence-electron chi connectivity index (χ2n) is 8.27. The first-order valence-electron chi connectivity index (χ1n) is 10.6. The molecule has 0 saturated carbocycles. The molecule has 4 heterocycles. The number of anilines is 1. The van der Waals surface area contributed by atoms with Crippen LogP contribution >= 0.6 is 0 Å². The van der Waals surface area contributed by atoms with Crippen LogP contribution in [0.5, 0.6) is 0 Å². The fourth-order valence-corrected chi connectivity index (χ4v) is 4.55. The molecule has 2 amide bonds.